The number of allylic oxidation sites excluding steroid dienone is 1. The van der Waals surface area contributed by atoms with Crippen molar-refractivity contribution in [3.63, 3.8) is 0 Å². The van der Waals surface area contributed by atoms with Crippen LogP contribution in [0.25, 0.3) is 0 Å². The fraction of sp³-hybridized carbons (Fsp3) is 0.600. The third kappa shape index (κ3) is 3.20. The summed E-state index contributed by atoms with van der Waals surface area (Å²) in [5, 5.41) is 7.73. The van der Waals surface area contributed by atoms with Crippen LogP contribution >= 0.6 is 0 Å². The fourth-order valence-electron chi connectivity index (χ4n) is 0.851. The molecule has 0 unspecified atom stereocenters. The Bertz CT molecular complexity index is 210. The molecule has 0 amide bonds. The third-order valence-electron chi connectivity index (χ3n) is 1.49. The molecule has 0 aliphatic rings. The second-order valence-electron chi connectivity index (χ2n) is 3.68. The molecule has 0 aromatic carbocycles. The van der Waals surface area contributed by atoms with Crippen LogP contribution in [-0.4, -0.2) is 5.71 Å². The molecule has 0 aliphatic carbocycles. The maximum Gasteiger partial charge on any atom is 0.0473 e. The molecule has 11 heavy (non-hydrogen) atoms. The van der Waals surface area contributed by atoms with Crippen molar-refractivity contribution >= 4 is 5.71 Å². The maximum atomic E-state index is 7.73. The minimum Gasteiger partial charge on any atom is -0.304 e. The fourth-order valence-corrected chi connectivity index (χ4v) is 0.851. The lowest BCUT2D eigenvalue weighted by molar-refractivity contribution is 0.587. The van der Waals surface area contributed by atoms with E-state index in [9.17, 15) is 0 Å². The van der Waals surface area contributed by atoms with Crippen molar-refractivity contribution in [2.24, 2.45) is 5.41 Å². The predicted octanol–water partition coefficient (Wildman–Crippen LogP) is 3.17. The molecule has 0 heterocycles. The number of hydrogen-bond donors (Lipinski definition) is 1. The first-order valence-electron chi connectivity index (χ1n) is 3.87. The van der Waals surface area contributed by atoms with Crippen molar-refractivity contribution in [3.05, 3.63) is 17.4 Å². The number of hydrogen-bond acceptors (Lipinski definition) is 1. The van der Waals surface area contributed by atoms with Crippen LogP contribution in [0.15, 0.2) is 17.4 Å². The first kappa shape index (κ1) is 10.2. The van der Waals surface area contributed by atoms with Crippen LogP contribution in [0.1, 0.15) is 34.6 Å². The quantitative estimate of drug-likeness (QED) is 0.439. The number of nitrogens with one attached hydrogen (secondary N) is 1. The molecule has 62 valence electrons. The van der Waals surface area contributed by atoms with Crippen molar-refractivity contribution in [3.8, 4) is 0 Å². The van der Waals surface area contributed by atoms with Gasteiger partial charge in [0.05, 0.1) is 0 Å². The Morgan fingerprint density at radius 1 is 1.36 bits per heavy atom. The average molecular weight is 151 g/mol. The minimum atomic E-state index is -0.0555. The first-order valence-corrected chi connectivity index (χ1v) is 3.87. The highest BCUT2D eigenvalue weighted by molar-refractivity contribution is 6.00. The number of rotatable bonds is 1. The molecule has 0 radical (unpaired) electrons. The molecule has 0 saturated heterocycles. The first-order chi connectivity index (χ1) is 4.89. The van der Waals surface area contributed by atoms with Crippen molar-refractivity contribution in [1.82, 2.24) is 0 Å². The molecule has 1 nitrogen and oxygen atoms in total. The van der Waals surface area contributed by atoms with Crippen molar-refractivity contribution in [1.29, 1.82) is 5.41 Å². The van der Waals surface area contributed by atoms with E-state index in [1.54, 1.807) is 0 Å². The van der Waals surface area contributed by atoms with Crippen LogP contribution in [0.4, 0.5) is 0 Å². The van der Waals surface area contributed by atoms with Gasteiger partial charge in [0.25, 0.3) is 0 Å². The normalized spacial score (nSPS) is 10.3. The molecule has 0 aliphatic heterocycles. The summed E-state index contributed by atoms with van der Waals surface area (Å²) >= 11 is 0. The lowest BCUT2D eigenvalue weighted by atomic mass is 9.86. The van der Waals surface area contributed by atoms with Crippen LogP contribution in [-0.2, 0) is 0 Å². The van der Waals surface area contributed by atoms with Gasteiger partial charge >= 0.3 is 0 Å². The van der Waals surface area contributed by atoms with E-state index < -0.39 is 0 Å². The summed E-state index contributed by atoms with van der Waals surface area (Å²) in [6.45, 7) is 9.95. The van der Waals surface area contributed by atoms with Crippen LogP contribution in [0.3, 0.4) is 0 Å². The maximum absolute atomic E-state index is 7.73. The second kappa shape index (κ2) is 3.54. The summed E-state index contributed by atoms with van der Waals surface area (Å²) in [7, 11) is 0. The lowest BCUT2D eigenvalue weighted by Crippen LogP contribution is -2.19. The molecule has 0 fully saturated rings. The molecular weight excluding hydrogens is 134 g/mol. The zero-order chi connectivity index (χ0) is 9.07. The van der Waals surface area contributed by atoms with Gasteiger partial charge < -0.3 is 5.41 Å². The standard InChI is InChI=1S/C10H17N/c1-6-7-8(2)9(11)10(3,4)5/h6,11H,1-5H3. The smallest absolute Gasteiger partial charge is 0.0473 e. The summed E-state index contributed by atoms with van der Waals surface area (Å²) in [5.74, 6) is 0. The van der Waals surface area contributed by atoms with Crippen molar-refractivity contribution in [2.75, 3.05) is 0 Å². The van der Waals surface area contributed by atoms with Gasteiger partial charge in [0, 0.05) is 16.7 Å². The van der Waals surface area contributed by atoms with E-state index in [2.05, 4.69) is 5.73 Å². The van der Waals surface area contributed by atoms with Gasteiger partial charge in [0.1, 0.15) is 0 Å². The largest absolute Gasteiger partial charge is 0.304 e. The predicted molar refractivity (Wildman–Crippen MR) is 50.1 cm³/mol. The van der Waals surface area contributed by atoms with E-state index >= 15 is 0 Å². The molecule has 0 aromatic rings. The van der Waals surface area contributed by atoms with Crippen LogP contribution in [0.5, 0.6) is 0 Å². The van der Waals surface area contributed by atoms with Gasteiger partial charge in [-0.2, -0.15) is 0 Å². The summed E-state index contributed by atoms with van der Waals surface area (Å²) in [4.78, 5) is 0. The molecule has 0 atom stereocenters. The third-order valence-corrected chi connectivity index (χ3v) is 1.49. The van der Waals surface area contributed by atoms with E-state index in [1.165, 1.54) is 0 Å². The SMILES string of the molecule is CC=C=C(C)C(=N)C(C)(C)C. The molecule has 1 heteroatoms. The summed E-state index contributed by atoms with van der Waals surface area (Å²) in [5.41, 5.74) is 4.56. The molecule has 0 bridgehead atoms. The summed E-state index contributed by atoms with van der Waals surface area (Å²) < 4.78 is 0. The average Bonchev–Trinajstić information content (AvgIpc) is 1.85. The Kier molecular flexibility index (Phi) is 3.28. The Hall–Kier alpha value is -0.810. The second-order valence-corrected chi connectivity index (χ2v) is 3.68. The monoisotopic (exact) mass is 151 g/mol. The summed E-state index contributed by atoms with van der Waals surface area (Å²) in [6.07, 6.45) is 1.84. The van der Waals surface area contributed by atoms with Gasteiger partial charge in [0.2, 0.25) is 0 Å². The highest BCUT2D eigenvalue weighted by Crippen LogP contribution is 2.19. The van der Waals surface area contributed by atoms with E-state index in [0.29, 0.717) is 5.71 Å². The Balaban J connectivity index is 4.66. The zero-order valence-electron chi connectivity index (χ0n) is 8.08. The van der Waals surface area contributed by atoms with E-state index in [1.807, 2.05) is 40.7 Å². The van der Waals surface area contributed by atoms with Gasteiger partial charge in [-0.3, -0.25) is 0 Å². The van der Waals surface area contributed by atoms with Crippen molar-refractivity contribution in [2.45, 2.75) is 34.6 Å². The van der Waals surface area contributed by atoms with Crippen LogP contribution < -0.4 is 0 Å². The lowest BCUT2D eigenvalue weighted by Gasteiger charge is -2.18. The highest BCUT2D eigenvalue weighted by atomic mass is 14.5. The molecule has 0 saturated carbocycles. The van der Waals surface area contributed by atoms with Gasteiger partial charge in [-0.1, -0.05) is 20.8 Å². The van der Waals surface area contributed by atoms with Crippen LogP contribution in [0, 0.1) is 10.8 Å². The van der Waals surface area contributed by atoms with Gasteiger partial charge in [-0.15, -0.1) is 5.73 Å². The van der Waals surface area contributed by atoms with Gasteiger partial charge in [-0.25, -0.2) is 0 Å². The Morgan fingerprint density at radius 2 is 1.82 bits per heavy atom. The minimum absolute atomic E-state index is 0.0555. The van der Waals surface area contributed by atoms with E-state index in [4.69, 9.17) is 5.41 Å². The Morgan fingerprint density at radius 3 is 2.09 bits per heavy atom. The molecule has 0 aromatic heterocycles. The highest BCUT2D eigenvalue weighted by Gasteiger charge is 2.17. The molecule has 0 rings (SSSR count). The van der Waals surface area contributed by atoms with Gasteiger partial charge in [0.15, 0.2) is 0 Å². The van der Waals surface area contributed by atoms with Crippen LogP contribution in [0.2, 0.25) is 0 Å². The van der Waals surface area contributed by atoms with Crippen molar-refractivity contribution < 1.29 is 0 Å². The van der Waals surface area contributed by atoms with E-state index in [0.717, 1.165) is 5.57 Å². The molecule has 1 N–H and O–H groups in total. The van der Waals surface area contributed by atoms with E-state index in [-0.39, 0.29) is 5.41 Å². The summed E-state index contributed by atoms with van der Waals surface area (Å²) in [6, 6.07) is 0. The zero-order valence-corrected chi connectivity index (χ0v) is 8.08. The van der Waals surface area contributed by atoms with Gasteiger partial charge in [-0.05, 0) is 19.9 Å². The Labute approximate surface area is 69.3 Å². The molecular formula is C10H17N. The topological polar surface area (TPSA) is 23.9 Å². The molecule has 0 spiro atoms.